The van der Waals surface area contributed by atoms with Crippen LogP contribution in [0.3, 0.4) is 0 Å². The van der Waals surface area contributed by atoms with Gasteiger partial charge in [-0.15, -0.1) is 0 Å². The molecule has 118 valence electrons. The fraction of sp³-hybridized carbons (Fsp3) is 0.200. The van der Waals surface area contributed by atoms with E-state index in [4.69, 9.17) is 34.8 Å². The molecule has 0 radical (unpaired) electrons. The summed E-state index contributed by atoms with van der Waals surface area (Å²) < 4.78 is 51.4. The summed E-state index contributed by atoms with van der Waals surface area (Å²) in [7, 11) is -5.41. The number of nitrogens with one attached hydrogen (secondary N) is 2. The Morgan fingerprint density at radius 2 is 1.48 bits per heavy atom. The molecule has 1 rings (SSSR count). The summed E-state index contributed by atoms with van der Waals surface area (Å²) in [5, 5.41) is -0.208. The molecule has 0 aromatic heterocycles. The molecule has 1 aromatic carbocycles. The van der Waals surface area contributed by atoms with Crippen molar-refractivity contribution >= 4 is 59.9 Å². The Hall–Kier alpha value is -0.350. The highest BCUT2D eigenvalue weighted by atomic mass is 35.5. The van der Waals surface area contributed by atoms with E-state index in [1.807, 2.05) is 0 Å². The van der Waals surface area contributed by atoms with Gasteiger partial charge in [-0.2, -0.15) is 0 Å². The molecule has 2 N–H and O–H groups in total. The number of hydrogen-bond donors (Lipinski definition) is 2. The van der Waals surface area contributed by atoms with Crippen molar-refractivity contribution < 1.29 is 16.8 Å². The number of benzene rings is 1. The van der Waals surface area contributed by atoms with Crippen molar-refractivity contribution in [2.45, 2.75) is 9.79 Å². The van der Waals surface area contributed by atoms with Gasteiger partial charge in [0.2, 0.25) is 20.0 Å². The lowest BCUT2D eigenvalue weighted by Crippen LogP contribution is -2.22. The third-order valence-electron chi connectivity index (χ3n) is 2.49. The van der Waals surface area contributed by atoms with Gasteiger partial charge in [0.15, 0.2) is 0 Å². The maximum absolute atomic E-state index is 12.0. The molecule has 0 atom stereocenters. The molecule has 0 fully saturated rings. The fourth-order valence-electron chi connectivity index (χ4n) is 1.40. The third-order valence-corrected chi connectivity index (χ3v) is 6.32. The molecule has 6 nitrogen and oxygen atoms in total. The van der Waals surface area contributed by atoms with Crippen molar-refractivity contribution in [2.75, 3.05) is 14.1 Å². The van der Waals surface area contributed by atoms with Gasteiger partial charge in [-0.1, -0.05) is 40.9 Å². The van der Waals surface area contributed by atoms with Gasteiger partial charge in [0.25, 0.3) is 0 Å². The van der Waals surface area contributed by atoms with E-state index in [1.54, 1.807) is 0 Å². The Bertz CT molecular complexity index is 785. The average molecular weight is 394 g/mol. The summed E-state index contributed by atoms with van der Waals surface area (Å²) in [5.41, 5.74) is -0.0129. The van der Waals surface area contributed by atoms with Crippen molar-refractivity contribution in [3.63, 3.8) is 0 Å². The maximum Gasteiger partial charge on any atom is 0.241 e. The second-order valence-corrected chi connectivity index (χ2v) is 8.72. The first kappa shape index (κ1) is 18.7. The van der Waals surface area contributed by atoms with Crippen LogP contribution in [0.15, 0.2) is 32.5 Å². The summed E-state index contributed by atoms with van der Waals surface area (Å²) in [4.78, 5) is -0.595. The van der Waals surface area contributed by atoms with Crippen LogP contribution in [0.2, 0.25) is 0 Å². The number of rotatable bonds is 5. The van der Waals surface area contributed by atoms with Crippen molar-refractivity contribution in [1.29, 1.82) is 0 Å². The van der Waals surface area contributed by atoms with Gasteiger partial charge < -0.3 is 0 Å². The Kier molecular flexibility index (Phi) is 6.08. The Balaban J connectivity index is 3.77. The van der Waals surface area contributed by atoms with Crippen LogP contribution < -0.4 is 9.44 Å². The molecule has 0 bridgehead atoms. The van der Waals surface area contributed by atoms with Crippen LogP contribution in [0.5, 0.6) is 0 Å². The fourth-order valence-corrected chi connectivity index (χ4v) is 3.62. The van der Waals surface area contributed by atoms with E-state index in [0.29, 0.717) is 0 Å². The lowest BCUT2D eigenvalue weighted by atomic mass is 10.2. The van der Waals surface area contributed by atoms with E-state index in [1.165, 1.54) is 26.2 Å². The van der Waals surface area contributed by atoms with Crippen LogP contribution >= 0.6 is 34.8 Å². The van der Waals surface area contributed by atoms with Gasteiger partial charge in [-0.25, -0.2) is 26.3 Å². The van der Waals surface area contributed by atoms with Gasteiger partial charge in [0.1, 0.15) is 4.49 Å². The number of halogens is 3. The SMILES string of the molecule is CNS(=O)(=O)c1ccc(C(Cl)=C(Cl)Cl)c(S(=O)(=O)NC)c1. The molecular weight excluding hydrogens is 383 g/mol. The van der Waals surface area contributed by atoms with Crippen LogP contribution in [0.25, 0.3) is 5.03 Å². The summed E-state index contributed by atoms with van der Waals surface area (Å²) in [6, 6.07) is 3.36. The second kappa shape index (κ2) is 6.82. The van der Waals surface area contributed by atoms with Gasteiger partial charge in [0, 0.05) is 5.56 Å². The first-order valence-corrected chi connectivity index (χ1v) is 9.39. The molecule has 0 aliphatic heterocycles. The normalized spacial score (nSPS) is 12.2. The molecule has 0 aliphatic carbocycles. The summed E-state index contributed by atoms with van der Waals surface area (Å²) in [6.07, 6.45) is 0. The molecule has 0 amide bonds. The van der Waals surface area contributed by atoms with Crippen LogP contribution in [0, 0.1) is 0 Å². The molecule has 0 spiro atoms. The Morgan fingerprint density at radius 1 is 0.952 bits per heavy atom. The monoisotopic (exact) mass is 392 g/mol. The Labute approximate surface area is 138 Å². The minimum absolute atomic E-state index is 0.0129. The van der Waals surface area contributed by atoms with E-state index in [0.717, 1.165) is 6.07 Å². The molecule has 1 aromatic rings. The topological polar surface area (TPSA) is 92.3 Å². The van der Waals surface area contributed by atoms with Crippen LogP contribution in [-0.4, -0.2) is 30.9 Å². The quantitative estimate of drug-likeness (QED) is 0.798. The zero-order valence-corrected chi connectivity index (χ0v) is 14.7. The van der Waals surface area contributed by atoms with Gasteiger partial charge in [-0.05, 0) is 26.2 Å². The van der Waals surface area contributed by atoms with E-state index < -0.39 is 20.0 Å². The summed E-state index contributed by atoms with van der Waals surface area (Å²) >= 11 is 17.0. The average Bonchev–Trinajstić information content (AvgIpc) is 2.45. The molecule has 0 saturated heterocycles. The Morgan fingerprint density at radius 3 is 1.90 bits per heavy atom. The highest BCUT2D eigenvalue weighted by Crippen LogP contribution is 2.33. The summed E-state index contributed by atoms with van der Waals surface area (Å²) in [6.45, 7) is 0. The van der Waals surface area contributed by atoms with Gasteiger partial charge >= 0.3 is 0 Å². The standard InChI is InChI=1S/C10H11Cl3N2O4S2/c1-14-20(16,17)6-3-4-7(9(11)10(12)13)8(5-6)21(18,19)15-2/h3-5,14-15H,1-2H3. The number of sulfonamides is 2. The second-order valence-electron chi connectivity index (χ2n) is 3.65. The zero-order valence-electron chi connectivity index (χ0n) is 10.8. The van der Waals surface area contributed by atoms with E-state index >= 15 is 0 Å². The van der Waals surface area contributed by atoms with Gasteiger partial charge in [0.05, 0.1) is 14.8 Å². The first-order valence-electron chi connectivity index (χ1n) is 5.29. The predicted molar refractivity (Wildman–Crippen MR) is 83.4 cm³/mol. The zero-order chi connectivity index (χ0) is 16.4. The molecule has 0 aliphatic rings. The molecule has 0 heterocycles. The van der Waals surface area contributed by atoms with Crippen molar-refractivity contribution in [3.05, 3.63) is 28.3 Å². The van der Waals surface area contributed by atoms with Gasteiger partial charge in [-0.3, -0.25) is 0 Å². The van der Waals surface area contributed by atoms with Crippen molar-refractivity contribution in [3.8, 4) is 0 Å². The number of hydrogen-bond acceptors (Lipinski definition) is 4. The predicted octanol–water partition coefficient (Wildman–Crippen LogP) is 1.85. The molecular formula is C10H11Cl3N2O4S2. The lowest BCUT2D eigenvalue weighted by molar-refractivity contribution is 0.586. The molecule has 0 unspecified atom stereocenters. The van der Waals surface area contributed by atoms with Crippen molar-refractivity contribution in [1.82, 2.24) is 9.44 Å². The van der Waals surface area contributed by atoms with Crippen molar-refractivity contribution in [2.24, 2.45) is 0 Å². The van der Waals surface area contributed by atoms with Crippen LogP contribution in [-0.2, 0) is 20.0 Å². The molecule has 0 saturated carbocycles. The van der Waals surface area contributed by atoms with E-state index in [-0.39, 0.29) is 24.9 Å². The largest absolute Gasteiger partial charge is 0.241 e. The molecule has 11 heteroatoms. The van der Waals surface area contributed by atoms with E-state index in [9.17, 15) is 16.8 Å². The first-order chi connectivity index (χ1) is 9.56. The van der Waals surface area contributed by atoms with E-state index in [2.05, 4.69) is 9.44 Å². The lowest BCUT2D eigenvalue weighted by Gasteiger charge is -2.11. The molecule has 21 heavy (non-hydrogen) atoms. The highest BCUT2D eigenvalue weighted by molar-refractivity contribution is 7.90. The maximum atomic E-state index is 12.0. The highest BCUT2D eigenvalue weighted by Gasteiger charge is 2.23. The smallest absolute Gasteiger partial charge is 0.214 e. The third kappa shape index (κ3) is 4.10. The minimum Gasteiger partial charge on any atom is -0.214 e. The summed E-state index contributed by atoms with van der Waals surface area (Å²) in [5.74, 6) is 0. The van der Waals surface area contributed by atoms with Crippen LogP contribution in [0.1, 0.15) is 5.56 Å². The van der Waals surface area contributed by atoms with Crippen LogP contribution in [0.4, 0.5) is 0 Å². The minimum atomic E-state index is -3.98.